The van der Waals surface area contributed by atoms with Crippen molar-refractivity contribution in [3.05, 3.63) is 59.4 Å². The monoisotopic (exact) mass is 419 g/mol. The Balaban J connectivity index is 2.05. The molecule has 3 N–H and O–H groups in total. The fourth-order valence-electron chi connectivity index (χ4n) is 2.42. The van der Waals surface area contributed by atoms with Crippen molar-refractivity contribution >= 4 is 27.8 Å². The van der Waals surface area contributed by atoms with E-state index >= 15 is 0 Å². The minimum Gasteiger partial charge on any atom is -0.477 e. The van der Waals surface area contributed by atoms with Gasteiger partial charge in [-0.25, -0.2) is 22.9 Å². The number of carboxylic acids is 1. The van der Waals surface area contributed by atoms with Crippen LogP contribution in [0.25, 0.3) is 0 Å². The predicted octanol–water partition coefficient (Wildman–Crippen LogP) is 1.36. The summed E-state index contributed by atoms with van der Waals surface area (Å²) in [6.45, 7) is 2.27. The third-order valence-corrected chi connectivity index (χ3v) is 5.22. The van der Waals surface area contributed by atoms with Gasteiger partial charge in [-0.05, 0) is 42.7 Å². The Morgan fingerprint density at radius 1 is 1.14 bits per heavy atom. The molecule has 0 radical (unpaired) electrons. The van der Waals surface area contributed by atoms with Crippen LogP contribution < -0.4 is 10.0 Å². The molecule has 1 aromatic carbocycles. The van der Waals surface area contributed by atoms with Crippen LogP contribution in [-0.2, 0) is 21.2 Å². The maximum atomic E-state index is 12.5. The molecule has 2 amide bonds. The molecule has 1 aromatic heterocycles. The molecular weight excluding hydrogens is 398 g/mol. The Bertz CT molecular complexity index is 1000. The first-order valence-electron chi connectivity index (χ1n) is 8.85. The molecule has 2 rings (SSSR count). The van der Waals surface area contributed by atoms with Crippen LogP contribution in [0.3, 0.4) is 0 Å². The quantitative estimate of drug-likeness (QED) is 0.557. The van der Waals surface area contributed by atoms with Gasteiger partial charge >= 0.3 is 5.97 Å². The summed E-state index contributed by atoms with van der Waals surface area (Å²) in [4.78, 5) is 37.9. The number of sulfonamides is 1. The van der Waals surface area contributed by atoms with Crippen LogP contribution in [0.4, 0.5) is 0 Å². The number of rotatable bonds is 9. The van der Waals surface area contributed by atoms with Crippen molar-refractivity contribution in [1.29, 1.82) is 0 Å². The molecule has 0 aliphatic heterocycles. The number of hydrogen-bond donors (Lipinski definition) is 3. The SMILES string of the molecule is CCCC(=O)NCCc1cccc(S(=O)(=O)NC(=O)c2ccc(C(=O)O)nc2)c1. The summed E-state index contributed by atoms with van der Waals surface area (Å²) in [5.41, 5.74) is 0.334. The van der Waals surface area contributed by atoms with Gasteiger partial charge in [0, 0.05) is 19.2 Å². The topological polar surface area (TPSA) is 143 Å². The van der Waals surface area contributed by atoms with Gasteiger partial charge in [-0.15, -0.1) is 0 Å². The lowest BCUT2D eigenvalue weighted by Crippen LogP contribution is -2.31. The maximum absolute atomic E-state index is 12.5. The zero-order chi connectivity index (χ0) is 21.4. The van der Waals surface area contributed by atoms with Gasteiger partial charge in [0.2, 0.25) is 5.91 Å². The second-order valence-electron chi connectivity index (χ2n) is 6.17. The van der Waals surface area contributed by atoms with Crippen molar-refractivity contribution in [3.8, 4) is 0 Å². The molecule has 0 saturated heterocycles. The van der Waals surface area contributed by atoms with E-state index in [9.17, 15) is 22.8 Å². The first kappa shape index (κ1) is 22.0. The fraction of sp³-hybridized carbons (Fsp3) is 0.263. The number of carbonyl (C=O) groups excluding carboxylic acids is 2. The molecule has 29 heavy (non-hydrogen) atoms. The molecule has 0 fully saturated rings. The summed E-state index contributed by atoms with van der Waals surface area (Å²) in [7, 11) is -4.14. The average molecular weight is 419 g/mol. The van der Waals surface area contributed by atoms with Crippen LogP contribution in [0.15, 0.2) is 47.5 Å². The largest absolute Gasteiger partial charge is 0.477 e. The molecule has 0 bridgehead atoms. The molecule has 1 heterocycles. The van der Waals surface area contributed by atoms with Gasteiger partial charge in [-0.2, -0.15) is 0 Å². The standard InChI is InChI=1S/C19H21N3O6S/c1-2-4-17(23)20-10-9-13-5-3-6-15(11-13)29(27,28)22-18(24)14-7-8-16(19(25)26)21-12-14/h3,5-8,11-12H,2,4,9-10H2,1H3,(H,20,23)(H,22,24)(H,25,26). The molecule has 0 unspecified atom stereocenters. The van der Waals surface area contributed by atoms with Gasteiger partial charge in [-0.3, -0.25) is 9.59 Å². The Hall–Kier alpha value is -3.27. The van der Waals surface area contributed by atoms with E-state index in [1.165, 1.54) is 18.2 Å². The minimum atomic E-state index is -4.14. The summed E-state index contributed by atoms with van der Waals surface area (Å²) in [5.74, 6) is -2.25. The zero-order valence-corrected chi connectivity index (χ0v) is 16.5. The Kier molecular flexibility index (Phi) is 7.43. The number of carboxylic acid groups (broad SMARTS) is 1. The van der Waals surface area contributed by atoms with E-state index in [1.807, 2.05) is 11.6 Å². The van der Waals surface area contributed by atoms with E-state index in [4.69, 9.17) is 5.11 Å². The van der Waals surface area contributed by atoms with E-state index in [0.717, 1.165) is 18.7 Å². The van der Waals surface area contributed by atoms with Gasteiger partial charge < -0.3 is 10.4 Å². The molecule has 0 aliphatic rings. The number of hydrogen-bond acceptors (Lipinski definition) is 6. The van der Waals surface area contributed by atoms with Gasteiger partial charge in [0.25, 0.3) is 15.9 Å². The number of carbonyl (C=O) groups is 3. The van der Waals surface area contributed by atoms with Crippen molar-refractivity contribution in [2.45, 2.75) is 31.1 Å². The first-order chi connectivity index (χ1) is 13.7. The molecule has 0 aliphatic carbocycles. The summed E-state index contributed by atoms with van der Waals surface area (Å²) in [6.07, 6.45) is 2.60. The lowest BCUT2D eigenvalue weighted by molar-refractivity contribution is -0.121. The molecule has 154 valence electrons. The maximum Gasteiger partial charge on any atom is 0.354 e. The second-order valence-corrected chi connectivity index (χ2v) is 7.85. The van der Waals surface area contributed by atoms with Crippen LogP contribution in [0.5, 0.6) is 0 Å². The molecule has 0 atom stereocenters. The molecule has 2 aromatic rings. The highest BCUT2D eigenvalue weighted by atomic mass is 32.2. The molecule has 0 spiro atoms. The summed E-state index contributed by atoms with van der Waals surface area (Å²) in [6, 6.07) is 8.33. The van der Waals surface area contributed by atoms with Gasteiger partial charge in [0.15, 0.2) is 0 Å². The average Bonchev–Trinajstić information content (AvgIpc) is 2.68. The first-order valence-corrected chi connectivity index (χ1v) is 10.3. The highest BCUT2D eigenvalue weighted by Gasteiger charge is 2.19. The number of amides is 2. The lowest BCUT2D eigenvalue weighted by Gasteiger charge is -2.09. The second kappa shape index (κ2) is 9.78. The third kappa shape index (κ3) is 6.39. The third-order valence-electron chi connectivity index (χ3n) is 3.89. The van der Waals surface area contributed by atoms with Crippen molar-refractivity contribution < 1.29 is 27.9 Å². The molecular formula is C19H21N3O6S. The Morgan fingerprint density at radius 3 is 2.52 bits per heavy atom. The highest BCUT2D eigenvalue weighted by Crippen LogP contribution is 2.13. The summed E-state index contributed by atoms with van der Waals surface area (Å²) in [5, 5.41) is 11.6. The van der Waals surface area contributed by atoms with Crippen LogP contribution in [-0.4, -0.2) is 42.8 Å². The normalized spacial score (nSPS) is 10.9. The number of nitrogens with one attached hydrogen (secondary N) is 2. The smallest absolute Gasteiger partial charge is 0.354 e. The number of benzene rings is 1. The van der Waals surface area contributed by atoms with Crippen LogP contribution in [0.1, 0.15) is 46.2 Å². The molecule has 9 nitrogen and oxygen atoms in total. The Labute approximate surface area is 168 Å². The zero-order valence-electron chi connectivity index (χ0n) is 15.7. The predicted molar refractivity (Wildman–Crippen MR) is 104 cm³/mol. The summed E-state index contributed by atoms with van der Waals surface area (Å²) < 4.78 is 26.9. The van der Waals surface area contributed by atoms with Crippen molar-refractivity contribution in [2.24, 2.45) is 0 Å². The van der Waals surface area contributed by atoms with E-state index in [1.54, 1.807) is 12.1 Å². The van der Waals surface area contributed by atoms with Gasteiger partial charge in [0.1, 0.15) is 5.69 Å². The van der Waals surface area contributed by atoms with Crippen LogP contribution >= 0.6 is 0 Å². The van der Waals surface area contributed by atoms with E-state index in [2.05, 4.69) is 10.3 Å². The van der Waals surface area contributed by atoms with E-state index in [-0.39, 0.29) is 22.1 Å². The Morgan fingerprint density at radius 2 is 1.90 bits per heavy atom. The van der Waals surface area contributed by atoms with Crippen molar-refractivity contribution in [1.82, 2.24) is 15.0 Å². The van der Waals surface area contributed by atoms with Crippen LogP contribution in [0, 0.1) is 0 Å². The lowest BCUT2D eigenvalue weighted by atomic mass is 10.1. The highest BCUT2D eigenvalue weighted by molar-refractivity contribution is 7.90. The fourth-order valence-corrected chi connectivity index (χ4v) is 3.47. The van der Waals surface area contributed by atoms with Gasteiger partial charge in [-0.1, -0.05) is 19.1 Å². The number of aromatic nitrogens is 1. The number of pyridine rings is 1. The van der Waals surface area contributed by atoms with Gasteiger partial charge in [0.05, 0.1) is 10.5 Å². The number of aromatic carboxylic acids is 1. The molecule has 0 saturated carbocycles. The van der Waals surface area contributed by atoms with Crippen molar-refractivity contribution in [2.75, 3.05) is 6.54 Å². The number of nitrogens with zero attached hydrogens (tertiary/aromatic N) is 1. The van der Waals surface area contributed by atoms with Crippen LogP contribution in [0.2, 0.25) is 0 Å². The minimum absolute atomic E-state index is 0.0638. The molecule has 10 heteroatoms. The van der Waals surface area contributed by atoms with Crippen molar-refractivity contribution in [3.63, 3.8) is 0 Å². The van der Waals surface area contributed by atoms with E-state index in [0.29, 0.717) is 24.9 Å². The van der Waals surface area contributed by atoms with E-state index < -0.39 is 21.9 Å². The summed E-state index contributed by atoms with van der Waals surface area (Å²) >= 11 is 0.